The van der Waals surface area contributed by atoms with Crippen molar-refractivity contribution < 1.29 is 9.53 Å². The summed E-state index contributed by atoms with van der Waals surface area (Å²) in [6, 6.07) is 15.0. The van der Waals surface area contributed by atoms with Crippen molar-refractivity contribution in [2.24, 2.45) is 0 Å². The minimum atomic E-state index is -0.209. The Labute approximate surface area is 167 Å². The highest BCUT2D eigenvalue weighted by atomic mass is 16.5. The predicted molar refractivity (Wildman–Crippen MR) is 110 cm³/mol. The van der Waals surface area contributed by atoms with E-state index in [4.69, 9.17) is 4.74 Å². The van der Waals surface area contributed by atoms with Crippen molar-refractivity contribution in [2.45, 2.75) is 20.0 Å². The van der Waals surface area contributed by atoms with Crippen LogP contribution < -0.4 is 15.4 Å². The summed E-state index contributed by atoms with van der Waals surface area (Å²) < 4.78 is 7.60. The molecule has 0 bridgehead atoms. The third-order valence-electron chi connectivity index (χ3n) is 4.95. The van der Waals surface area contributed by atoms with Gasteiger partial charge < -0.3 is 15.4 Å². The van der Waals surface area contributed by atoms with Crippen molar-refractivity contribution >= 4 is 22.6 Å². The van der Waals surface area contributed by atoms with Crippen LogP contribution in [0.1, 0.15) is 16.8 Å². The molecule has 5 rings (SSSR count). The van der Waals surface area contributed by atoms with Gasteiger partial charge in [-0.1, -0.05) is 12.1 Å². The van der Waals surface area contributed by atoms with E-state index in [-0.39, 0.29) is 6.03 Å². The quantitative estimate of drug-likeness (QED) is 0.552. The number of carbonyl (C=O) groups is 1. The topological polar surface area (TPSA) is 81.1 Å². The molecule has 2 aromatic carbocycles. The van der Waals surface area contributed by atoms with Crippen LogP contribution in [-0.2, 0) is 13.1 Å². The summed E-state index contributed by atoms with van der Waals surface area (Å²) in [7, 11) is 0. The highest BCUT2D eigenvalue weighted by Gasteiger charge is 2.18. The first-order valence-electron chi connectivity index (χ1n) is 9.38. The van der Waals surface area contributed by atoms with Gasteiger partial charge in [-0.15, -0.1) is 0 Å². The second-order valence-electron chi connectivity index (χ2n) is 7.02. The van der Waals surface area contributed by atoms with E-state index in [0.29, 0.717) is 18.2 Å². The maximum absolute atomic E-state index is 12.7. The van der Waals surface area contributed by atoms with Crippen molar-refractivity contribution in [3.63, 3.8) is 0 Å². The molecule has 4 aromatic rings. The summed E-state index contributed by atoms with van der Waals surface area (Å²) in [5, 5.41) is 7.09. The largest absolute Gasteiger partial charge is 0.439 e. The predicted octanol–water partition coefficient (Wildman–Crippen LogP) is 4.22. The number of fused-ring (bicyclic) bond motifs is 2. The first-order chi connectivity index (χ1) is 14.2. The molecule has 1 aliphatic rings. The van der Waals surface area contributed by atoms with Gasteiger partial charge in [-0.25, -0.2) is 14.8 Å². The average molecular weight is 385 g/mol. The standard InChI is InChI=1S/C22H19N5O2/c1-14-3-2-4-16(9-14)26-22(28)27-8-7-15-10-17(5-6-20(15)27)29-21-18-11-23-12-19(18)24-13-25-21/h2-10,13,23H,11-12H2,1H3,(H,26,28). The molecule has 3 heterocycles. The molecule has 144 valence electrons. The van der Waals surface area contributed by atoms with Crippen LogP contribution in [0, 0.1) is 6.92 Å². The van der Waals surface area contributed by atoms with Crippen molar-refractivity contribution in [1.29, 1.82) is 0 Å². The van der Waals surface area contributed by atoms with E-state index < -0.39 is 0 Å². The number of hydrogen-bond acceptors (Lipinski definition) is 5. The lowest BCUT2D eigenvalue weighted by Crippen LogP contribution is -2.18. The van der Waals surface area contributed by atoms with Gasteiger partial charge in [0.05, 0.1) is 16.8 Å². The first kappa shape index (κ1) is 17.4. The number of nitrogens with one attached hydrogen (secondary N) is 2. The van der Waals surface area contributed by atoms with Crippen LogP contribution in [-0.4, -0.2) is 20.6 Å². The Morgan fingerprint density at radius 2 is 2.07 bits per heavy atom. The van der Waals surface area contributed by atoms with Gasteiger partial charge in [-0.05, 0) is 48.9 Å². The van der Waals surface area contributed by atoms with Gasteiger partial charge >= 0.3 is 6.03 Å². The number of nitrogens with zero attached hydrogens (tertiary/aromatic N) is 3. The molecular formula is C22H19N5O2. The fourth-order valence-electron chi connectivity index (χ4n) is 3.53. The molecular weight excluding hydrogens is 366 g/mol. The zero-order valence-electron chi connectivity index (χ0n) is 15.8. The zero-order chi connectivity index (χ0) is 19.8. The Morgan fingerprint density at radius 3 is 2.97 bits per heavy atom. The molecule has 7 heteroatoms. The molecule has 0 spiro atoms. The molecule has 0 atom stereocenters. The van der Waals surface area contributed by atoms with Crippen molar-refractivity contribution in [2.75, 3.05) is 5.32 Å². The lowest BCUT2D eigenvalue weighted by molar-refractivity contribution is 0.254. The molecule has 1 amide bonds. The molecule has 0 radical (unpaired) electrons. The number of ether oxygens (including phenoxy) is 1. The lowest BCUT2D eigenvalue weighted by Gasteiger charge is -2.10. The summed E-state index contributed by atoms with van der Waals surface area (Å²) in [4.78, 5) is 21.2. The van der Waals surface area contributed by atoms with E-state index in [9.17, 15) is 4.79 Å². The van der Waals surface area contributed by atoms with Crippen LogP contribution in [0.5, 0.6) is 11.6 Å². The number of hydrogen-bond donors (Lipinski definition) is 2. The van der Waals surface area contributed by atoms with Crippen molar-refractivity contribution in [3.05, 3.63) is 77.9 Å². The summed E-state index contributed by atoms with van der Waals surface area (Å²) >= 11 is 0. The first-order valence-corrected chi connectivity index (χ1v) is 9.38. The normalized spacial score (nSPS) is 12.7. The minimum Gasteiger partial charge on any atom is -0.439 e. The van der Waals surface area contributed by atoms with Gasteiger partial charge in [0.15, 0.2) is 0 Å². The molecule has 0 fully saturated rings. The number of benzene rings is 2. The number of aromatic nitrogens is 3. The number of rotatable bonds is 3. The SMILES string of the molecule is Cc1cccc(NC(=O)n2ccc3cc(Oc4ncnc5c4CNC5)ccc32)c1. The van der Waals surface area contributed by atoms with Gasteiger partial charge in [-0.3, -0.25) is 4.57 Å². The second kappa shape index (κ2) is 7.03. The molecule has 0 saturated carbocycles. The fraction of sp³-hybridized carbons (Fsp3) is 0.136. The third-order valence-corrected chi connectivity index (χ3v) is 4.95. The van der Waals surface area contributed by atoms with E-state index in [0.717, 1.165) is 40.0 Å². The average Bonchev–Trinajstić information content (AvgIpc) is 3.35. The van der Waals surface area contributed by atoms with E-state index in [1.807, 2.05) is 55.5 Å². The van der Waals surface area contributed by atoms with Crippen molar-refractivity contribution in [3.8, 4) is 11.6 Å². The van der Waals surface area contributed by atoms with Gasteiger partial charge in [-0.2, -0.15) is 0 Å². The van der Waals surface area contributed by atoms with Crippen LogP contribution in [0.2, 0.25) is 0 Å². The number of aryl methyl sites for hydroxylation is 1. The summed E-state index contributed by atoms with van der Waals surface area (Å²) in [5.74, 6) is 1.23. The monoisotopic (exact) mass is 385 g/mol. The Morgan fingerprint density at radius 1 is 1.14 bits per heavy atom. The van der Waals surface area contributed by atoms with Crippen LogP contribution in [0.15, 0.2) is 61.1 Å². The second-order valence-corrected chi connectivity index (χ2v) is 7.02. The third kappa shape index (κ3) is 3.32. The van der Waals surface area contributed by atoms with E-state index >= 15 is 0 Å². The maximum atomic E-state index is 12.7. The van der Waals surface area contributed by atoms with Crippen LogP contribution in [0.4, 0.5) is 10.5 Å². The van der Waals surface area contributed by atoms with Gasteiger partial charge in [0.2, 0.25) is 5.88 Å². The molecule has 2 N–H and O–H groups in total. The van der Waals surface area contributed by atoms with E-state index in [2.05, 4.69) is 20.6 Å². The van der Waals surface area contributed by atoms with Gasteiger partial charge in [0, 0.05) is 30.4 Å². The molecule has 7 nitrogen and oxygen atoms in total. The molecule has 0 aliphatic carbocycles. The lowest BCUT2D eigenvalue weighted by atomic mass is 10.2. The summed E-state index contributed by atoms with van der Waals surface area (Å²) in [5.41, 5.74) is 4.62. The Balaban J connectivity index is 1.40. The number of carbonyl (C=O) groups excluding carboxylic acids is 1. The zero-order valence-corrected chi connectivity index (χ0v) is 15.8. The van der Waals surface area contributed by atoms with E-state index in [1.54, 1.807) is 10.8 Å². The Kier molecular flexibility index (Phi) is 4.22. The van der Waals surface area contributed by atoms with Crippen LogP contribution in [0.3, 0.4) is 0 Å². The Hall–Kier alpha value is -3.71. The number of anilines is 1. The van der Waals surface area contributed by atoms with Crippen molar-refractivity contribution in [1.82, 2.24) is 19.9 Å². The fourth-order valence-corrected chi connectivity index (χ4v) is 3.53. The summed E-state index contributed by atoms with van der Waals surface area (Å²) in [6.45, 7) is 3.42. The number of amides is 1. The molecule has 2 aromatic heterocycles. The van der Waals surface area contributed by atoms with Crippen LogP contribution in [0.25, 0.3) is 10.9 Å². The maximum Gasteiger partial charge on any atom is 0.330 e. The Bertz CT molecular complexity index is 1230. The summed E-state index contributed by atoms with van der Waals surface area (Å²) in [6.07, 6.45) is 3.28. The smallest absolute Gasteiger partial charge is 0.330 e. The molecule has 1 aliphatic heterocycles. The van der Waals surface area contributed by atoms with Crippen LogP contribution >= 0.6 is 0 Å². The van der Waals surface area contributed by atoms with Gasteiger partial charge in [0.1, 0.15) is 12.1 Å². The molecule has 29 heavy (non-hydrogen) atoms. The van der Waals surface area contributed by atoms with Gasteiger partial charge in [0.25, 0.3) is 0 Å². The molecule has 0 unspecified atom stereocenters. The highest BCUT2D eigenvalue weighted by Crippen LogP contribution is 2.29. The molecule has 0 saturated heterocycles. The minimum absolute atomic E-state index is 0.209. The highest BCUT2D eigenvalue weighted by molar-refractivity contribution is 5.98. The van der Waals surface area contributed by atoms with E-state index in [1.165, 1.54) is 6.33 Å².